The fraction of sp³-hybridized carbons (Fsp3) is 0.500. The molecule has 136 valence electrons. The molecule has 0 radical (unpaired) electrons. The molecule has 9 heteroatoms. The molecule has 1 N–H and O–H groups in total. The van der Waals surface area contributed by atoms with Crippen molar-refractivity contribution in [1.29, 1.82) is 0 Å². The van der Waals surface area contributed by atoms with E-state index in [1.54, 1.807) is 18.2 Å². The summed E-state index contributed by atoms with van der Waals surface area (Å²) in [5.74, 6) is -0.0152. The van der Waals surface area contributed by atoms with Crippen LogP contribution in [0.25, 0.3) is 0 Å². The lowest BCUT2D eigenvalue weighted by Gasteiger charge is -2.36. The van der Waals surface area contributed by atoms with Crippen LogP contribution in [-0.2, 0) is 14.8 Å². The number of benzene rings is 1. The van der Waals surface area contributed by atoms with Gasteiger partial charge in [0.2, 0.25) is 10.0 Å². The Morgan fingerprint density at radius 1 is 1.20 bits per heavy atom. The van der Waals surface area contributed by atoms with Crippen LogP contribution in [0.15, 0.2) is 23.1 Å². The van der Waals surface area contributed by atoms with Gasteiger partial charge in [-0.05, 0) is 37.5 Å². The number of nitrogens with zero attached hydrogens (tertiary/aromatic N) is 2. The highest BCUT2D eigenvalue weighted by molar-refractivity contribution is 7.89. The highest BCUT2D eigenvalue weighted by atomic mass is 32.2. The second-order valence-electron chi connectivity index (χ2n) is 6.43. The van der Waals surface area contributed by atoms with E-state index in [1.807, 2.05) is 6.92 Å². The van der Waals surface area contributed by atoms with Crippen LogP contribution in [0.4, 0.5) is 4.79 Å². The number of amides is 3. The van der Waals surface area contributed by atoms with E-state index in [9.17, 15) is 18.0 Å². The molecule has 2 fully saturated rings. The molecule has 2 heterocycles. The van der Waals surface area contributed by atoms with Crippen molar-refractivity contribution < 1.29 is 22.7 Å². The molecule has 1 spiro atoms. The van der Waals surface area contributed by atoms with Gasteiger partial charge in [-0.3, -0.25) is 9.69 Å². The number of nitrogens with one attached hydrogen (secondary N) is 1. The second-order valence-corrected chi connectivity index (χ2v) is 8.34. The van der Waals surface area contributed by atoms with Gasteiger partial charge in [0.15, 0.2) is 0 Å². The summed E-state index contributed by atoms with van der Waals surface area (Å²) in [6, 6.07) is 4.55. The molecule has 1 aromatic carbocycles. The highest BCUT2D eigenvalue weighted by Crippen LogP contribution is 2.34. The number of rotatable bonds is 3. The first-order valence-electron chi connectivity index (χ1n) is 7.96. The van der Waals surface area contributed by atoms with Crippen LogP contribution in [-0.4, -0.2) is 62.3 Å². The third kappa shape index (κ3) is 2.77. The minimum Gasteiger partial charge on any atom is -0.495 e. The number of urea groups is 1. The number of hydrogen-bond donors (Lipinski definition) is 1. The molecule has 0 bridgehead atoms. The molecule has 3 amide bonds. The second kappa shape index (κ2) is 5.99. The third-order valence-electron chi connectivity index (χ3n) is 4.88. The quantitative estimate of drug-likeness (QED) is 0.794. The van der Waals surface area contributed by atoms with Gasteiger partial charge in [-0.25, -0.2) is 13.2 Å². The average molecular weight is 367 g/mol. The van der Waals surface area contributed by atoms with Gasteiger partial charge in [-0.1, -0.05) is 6.07 Å². The number of carbonyl (C=O) groups excluding carboxylic acids is 2. The molecule has 0 aliphatic carbocycles. The molecule has 0 unspecified atom stereocenters. The summed E-state index contributed by atoms with van der Waals surface area (Å²) in [4.78, 5) is 25.2. The largest absolute Gasteiger partial charge is 0.495 e. The van der Waals surface area contributed by atoms with Gasteiger partial charge in [0.05, 0.1) is 7.11 Å². The van der Waals surface area contributed by atoms with E-state index in [2.05, 4.69) is 5.32 Å². The fourth-order valence-electron chi connectivity index (χ4n) is 3.33. The van der Waals surface area contributed by atoms with Crippen molar-refractivity contribution in [3.05, 3.63) is 23.8 Å². The molecule has 2 aliphatic rings. The van der Waals surface area contributed by atoms with Crippen molar-refractivity contribution >= 4 is 22.0 Å². The van der Waals surface area contributed by atoms with Gasteiger partial charge in [0, 0.05) is 20.1 Å². The van der Waals surface area contributed by atoms with Crippen molar-refractivity contribution in [2.45, 2.75) is 30.2 Å². The van der Waals surface area contributed by atoms with Gasteiger partial charge in [-0.2, -0.15) is 4.31 Å². The lowest BCUT2D eigenvalue weighted by Crippen LogP contribution is -2.55. The van der Waals surface area contributed by atoms with Gasteiger partial charge < -0.3 is 10.1 Å². The summed E-state index contributed by atoms with van der Waals surface area (Å²) in [6.07, 6.45) is 0.491. The SMILES string of the molecule is COc1ccc(C)cc1S(=O)(=O)N1CCC2(CC1)NC(=O)N(C)C2=O. The lowest BCUT2D eigenvalue weighted by molar-refractivity contribution is -0.131. The number of methoxy groups -OCH3 is 1. The Balaban J connectivity index is 1.85. The summed E-state index contributed by atoms with van der Waals surface area (Å²) >= 11 is 0. The number of carbonyl (C=O) groups is 2. The minimum atomic E-state index is -3.75. The van der Waals surface area contributed by atoms with Crippen LogP contribution in [0.3, 0.4) is 0 Å². The van der Waals surface area contributed by atoms with Crippen molar-refractivity contribution in [2.24, 2.45) is 0 Å². The molecule has 3 rings (SSSR count). The fourth-order valence-corrected chi connectivity index (χ4v) is 5.01. The van der Waals surface area contributed by atoms with Crippen molar-refractivity contribution in [2.75, 3.05) is 27.2 Å². The third-order valence-corrected chi connectivity index (χ3v) is 6.80. The van der Waals surface area contributed by atoms with Crippen LogP contribution >= 0.6 is 0 Å². The van der Waals surface area contributed by atoms with Crippen molar-refractivity contribution in [3.8, 4) is 5.75 Å². The number of ether oxygens (including phenoxy) is 1. The van der Waals surface area contributed by atoms with Crippen LogP contribution < -0.4 is 10.1 Å². The van der Waals surface area contributed by atoms with Crippen LogP contribution in [0.5, 0.6) is 5.75 Å². The minimum absolute atomic E-state index is 0.116. The van der Waals surface area contributed by atoms with Gasteiger partial charge in [-0.15, -0.1) is 0 Å². The number of hydrogen-bond acceptors (Lipinski definition) is 5. The lowest BCUT2D eigenvalue weighted by atomic mass is 9.88. The highest BCUT2D eigenvalue weighted by Gasteiger charge is 2.52. The molecule has 2 saturated heterocycles. The van der Waals surface area contributed by atoms with Crippen LogP contribution in [0.2, 0.25) is 0 Å². The molecule has 0 saturated carbocycles. The maximum absolute atomic E-state index is 13.0. The Morgan fingerprint density at radius 3 is 2.36 bits per heavy atom. The molecule has 8 nitrogen and oxygen atoms in total. The Bertz CT molecular complexity index is 828. The van der Waals surface area contributed by atoms with Crippen LogP contribution in [0.1, 0.15) is 18.4 Å². The zero-order chi connectivity index (χ0) is 18.4. The van der Waals surface area contributed by atoms with Gasteiger partial charge in [0.25, 0.3) is 5.91 Å². The van der Waals surface area contributed by atoms with E-state index in [0.717, 1.165) is 10.5 Å². The molecule has 0 aromatic heterocycles. The van der Waals surface area contributed by atoms with E-state index in [0.29, 0.717) is 0 Å². The van der Waals surface area contributed by atoms with Crippen molar-refractivity contribution in [1.82, 2.24) is 14.5 Å². The first kappa shape index (κ1) is 17.7. The van der Waals surface area contributed by atoms with Gasteiger partial charge >= 0.3 is 6.03 Å². The number of aryl methyl sites for hydroxylation is 1. The van der Waals surface area contributed by atoms with E-state index in [4.69, 9.17) is 4.74 Å². The Hall–Kier alpha value is -2.13. The summed E-state index contributed by atoms with van der Waals surface area (Å²) in [5, 5.41) is 2.70. The molecule has 2 aliphatic heterocycles. The average Bonchev–Trinajstić information content (AvgIpc) is 2.79. The molecular weight excluding hydrogens is 346 g/mol. The number of likely N-dealkylation sites (N-methyl/N-ethyl adjacent to an activating group) is 1. The van der Waals surface area contributed by atoms with E-state index in [1.165, 1.54) is 18.5 Å². The summed E-state index contributed by atoms with van der Waals surface area (Å²) in [6.45, 7) is 2.12. The maximum Gasteiger partial charge on any atom is 0.324 e. The first-order valence-corrected chi connectivity index (χ1v) is 9.40. The maximum atomic E-state index is 13.0. The monoisotopic (exact) mass is 367 g/mol. The summed E-state index contributed by atoms with van der Waals surface area (Å²) in [5.41, 5.74) is -0.179. The first-order chi connectivity index (χ1) is 11.7. The predicted molar refractivity (Wildman–Crippen MR) is 89.8 cm³/mol. The summed E-state index contributed by atoms with van der Waals surface area (Å²) < 4.78 is 32.5. The Morgan fingerprint density at radius 2 is 1.84 bits per heavy atom. The molecule has 25 heavy (non-hydrogen) atoms. The van der Waals surface area contributed by atoms with E-state index in [-0.39, 0.29) is 42.5 Å². The standard InChI is InChI=1S/C16H21N3O5S/c1-11-4-5-12(24-3)13(10-11)25(22,23)19-8-6-16(7-9-19)14(20)18(2)15(21)17-16/h4-5,10H,6-9H2,1-3H3,(H,17,21). The Kier molecular flexibility index (Phi) is 4.24. The molecular formula is C16H21N3O5S. The topological polar surface area (TPSA) is 96.0 Å². The zero-order valence-corrected chi connectivity index (χ0v) is 15.2. The number of sulfonamides is 1. The molecule has 0 atom stereocenters. The normalized spacial score (nSPS) is 20.8. The van der Waals surface area contributed by atoms with E-state index >= 15 is 0 Å². The molecule has 1 aromatic rings. The zero-order valence-electron chi connectivity index (χ0n) is 14.4. The van der Waals surface area contributed by atoms with Crippen molar-refractivity contribution in [3.63, 3.8) is 0 Å². The smallest absolute Gasteiger partial charge is 0.324 e. The summed E-state index contributed by atoms with van der Waals surface area (Å²) in [7, 11) is -0.896. The number of piperidine rings is 1. The predicted octanol–water partition coefficient (Wildman–Crippen LogP) is 0.709. The van der Waals surface area contributed by atoms with Gasteiger partial charge in [0.1, 0.15) is 16.2 Å². The van der Waals surface area contributed by atoms with E-state index < -0.39 is 21.6 Å². The Labute approximate surface area is 146 Å². The number of imide groups is 1. The van der Waals surface area contributed by atoms with Crippen LogP contribution in [0, 0.1) is 6.92 Å².